The van der Waals surface area contributed by atoms with E-state index in [0.717, 1.165) is 23.7 Å². The zero-order valence-electron chi connectivity index (χ0n) is 11.0. The van der Waals surface area contributed by atoms with Crippen molar-refractivity contribution in [3.8, 4) is 0 Å². The zero-order valence-corrected chi connectivity index (χ0v) is 11.8. The number of thiazole rings is 1. The molecule has 0 aliphatic heterocycles. The van der Waals surface area contributed by atoms with Gasteiger partial charge in [-0.25, -0.2) is 4.98 Å². The monoisotopic (exact) mass is 255 g/mol. The number of hydrogen-bond acceptors (Lipinski definition) is 4. The number of nitrogens with zero attached hydrogens (tertiary/aromatic N) is 1. The van der Waals surface area contributed by atoms with Gasteiger partial charge < -0.3 is 10.6 Å². The van der Waals surface area contributed by atoms with Gasteiger partial charge in [0.25, 0.3) is 0 Å². The third-order valence-electron chi connectivity index (χ3n) is 2.51. The Balaban J connectivity index is 2.40. The third-order valence-corrected chi connectivity index (χ3v) is 3.58. The minimum absolute atomic E-state index is 0.0609. The summed E-state index contributed by atoms with van der Waals surface area (Å²) < 4.78 is 0. The van der Waals surface area contributed by atoms with Crippen LogP contribution in [0.25, 0.3) is 0 Å². The van der Waals surface area contributed by atoms with Crippen molar-refractivity contribution in [3.05, 3.63) is 15.6 Å². The number of nitrogens with one attached hydrogen (secondary N) is 2. The molecular formula is C12H21N3OS. The lowest BCUT2D eigenvalue weighted by atomic mass is 10.3. The van der Waals surface area contributed by atoms with Crippen LogP contribution in [0.3, 0.4) is 0 Å². The summed E-state index contributed by atoms with van der Waals surface area (Å²) in [6.45, 7) is 9.37. The first-order valence-electron chi connectivity index (χ1n) is 5.98. The predicted octanol–water partition coefficient (Wildman–Crippen LogP) is 1.76. The van der Waals surface area contributed by atoms with E-state index in [0.29, 0.717) is 6.54 Å². The fraction of sp³-hybridized carbons (Fsp3) is 0.667. The van der Waals surface area contributed by atoms with E-state index in [1.807, 2.05) is 27.7 Å². The number of aromatic nitrogens is 1. The molecule has 1 unspecified atom stereocenters. The normalized spacial score (nSPS) is 12.5. The van der Waals surface area contributed by atoms with Gasteiger partial charge in [0.05, 0.1) is 16.7 Å². The van der Waals surface area contributed by atoms with E-state index in [2.05, 4.69) is 15.6 Å². The Labute approximate surface area is 107 Å². The molecular weight excluding hydrogens is 234 g/mol. The average molecular weight is 255 g/mol. The van der Waals surface area contributed by atoms with E-state index >= 15 is 0 Å². The Hall–Kier alpha value is -0.940. The quantitative estimate of drug-likeness (QED) is 0.814. The lowest BCUT2D eigenvalue weighted by Gasteiger charge is -2.13. The molecule has 1 aromatic rings. The van der Waals surface area contributed by atoms with E-state index in [1.165, 1.54) is 4.88 Å². The second-order valence-electron chi connectivity index (χ2n) is 4.14. The SMILES string of the molecule is CCCNC(=O)C(C)NCc1sc(C)nc1C. The molecule has 0 bridgehead atoms. The highest BCUT2D eigenvalue weighted by Crippen LogP contribution is 2.16. The van der Waals surface area contributed by atoms with Crippen LogP contribution in [0.1, 0.15) is 35.8 Å². The number of carbonyl (C=O) groups excluding carboxylic acids is 1. The molecule has 0 radical (unpaired) electrons. The highest BCUT2D eigenvalue weighted by Gasteiger charge is 2.12. The van der Waals surface area contributed by atoms with Crippen LogP contribution in [-0.2, 0) is 11.3 Å². The van der Waals surface area contributed by atoms with Crippen LogP contribution in [0.2, 0.25) is 0 Å². The average Bonchev–Trinajstić information content (AvgIpc) is 2.61. The molecule has 0 aliphatic rings. The molecule has 2 N–H and O–H groups in total. The Morgan fingerprint density at radius 3 is 2.71 bits per heavy atom. The van der Waals surface area contributed by atoms with Crippen LogP contribution in [0.4, 0.5) is 0 Å². The number of rotatable bonds is 6. The maximum atomic E-state index is 11.6. The maximum Gasteiger partial charge on any atom is 0.236 e. The standard InChI is InChI=1S/C12H21N3OS/c1-5-6-13-12(16)9(3)14-7-11-8(2)15-10(4)17-11/h9,14H,5-7H2,1-4H3,(H,13,16). The molecule has 96 valence electrons. The van der Waals surface area contributed by atoms with Gasteiger partial charge in [-0.05, 0) is 27.2 Å². The molecule has 1 atom stereocenters. The molecule has 1 amide bonds. The highest BCUT2D eigenvalue weighted by molar-refractivity contribution is 7.11. The van der Waals surface area contributed by atoms with Crippen molar-refractivity contribution in [1.82, 2.24) is 15.6 Å². The van der Waals surface area contributed by atoms with Gasteiger partial charge in [-0.2, -0.15) is 0 Å². The van der Waals surface area contributed by atoms with Gasteiger partial charge in [0.1, 0.15) is 0 Å². The van der Waals surface area contributed by atoms with Gasteiger partial charge in [0.15, 0.2) is 0 Å². The highest BCUT2D eigenvalue weighted by atomic mass is 32.1. The molecule has 17 heavy (non-hydrogen) atoms. The van der Waals surface area contributed by atoms with Gasteiger partial charge >= 0.3 is 0 Å². The van der Waals surface area contributed by atoms with Gasteiger partial charge in [0.2, 0.25) is 5.91 Å². The van der Waals surface area contributed by atoms with E-state index < -0.39 is 0 Å². The fourth-order valence-corrected chi connectivity index (χ4v) is 2.37. The summed E-state index contributed by atoms with van der Waals surface area (Å²) in [5.74, 6) is 0.0609. The van der Waals surface area contributed by atoms with Crippen molar-refractivity contribution in [2.75, 3.05) is 6.54 Å². The molecule has 1 heterocycles. The van der Waals surface area contributed by atoms with Crippen LogP contribution in [0.5, 0.6) is 0 Å². The summed E-state index contributed by atoms with van der Waals surface area (Å²) >= 11 is 1.68. The van der Waals surface area contributed by atoms with Crippen LogP contribution >= 0.6 is 11.3 Å². The zero-order chi connectivity index (χ0) is 12.8. The smallest absolute Gasteiger partial charge is 0.236 e. The van der Waals surface area contributed by atoms with Gasteiger partial charge in [-0.1, -0.05) is 6.92 Å². The first-order chi connectivity index (χ1) is 8.04. The molecule has 0 fully saturated rings. The molecule has 0 saturated heterocycles. The molecule has 0 saturated carbocycles. The van der Waals surface area contributed by atoms with Crippen LogP contribution in [0, 0.1) is 13.8 Å². The lowest BCUT2D eigenvalue weighted by molar-refractivity contribution is -0.122. The van der Waals surface area contributed by atoms with Crippen LogP contribution < -0.4 is 10.6 Å². The van der Waals surface area contributed by atoms with Crippen molar-refractivity contribution < 1.29 is 4.79 Å². The Kier molecular flexibility index (Phi) is 5.58. The van der Waals surface area contributed by atoms with E-state index in [4.69, 9.17) is 0 Å². The maximum absolute atomic E-state index is 11.6. The number of aryl methyl sites for hydroxylation is 2. The molecule has 0 aromatic carbocycles. The molecule has 4 nitrogen and oxygen atoms in total. The van der Waals surface area contributed by atoms with E-state index in [9.17, 15) is 4.79 Å². The molecule has 5 heteroatoms. The summed E-state index contributed by atoms with van der Waals surface area (Å²) in [7, 11) is 0. The van der Waals surface area contributed by atoms with Gasteiger partial charge in [0, 0.05) is 18.0 Å². The van der Waals surface area contributed by atoms with Gasteiger partial charge in [-0.3, -0.25) is 4.79 Å². The molecule has 1 aromatic heterocycles. The minimum atomic E-state index is -0.164. The van der Waals surface area contributed by atoms with E-state index in [1.54, 1.807) is 11.3 Å². The van der Waals surface area contributed by atoms with Crippen molar-refractivity contribution >= 4 is 17.2 Å². The van der Waals surface area contributed by atoms with Crippen LogP contribution in [0.15, 0.2) is 0 Å². The second kappa shape index (κ2) is 6.71. The summed E-state index contributed by atoms with van der Waals surface area (Å²) in [6, 6.07) is -0.164. The van der Waals surface area contributed by atoms with Crippen molar-refractivity contribution in [2.24, 2.45) is 0 Å². The topological polar surface area (TPSA) is 54.0 Å². The van der Waals surface area contributed by atoms with Gasteiger partial charge in [-0.15, -0.1) is 11.3 Å². The summed E-state index contributed by atoms with van der Waals surface area (Å²) in [5, 5.41) is 7.17. The fourth-order valence-electron chi connectivity index (χ4n) is 1.48. The van der Waals surface area contributed by atoms with Crippen LogP contribution in [-0.4, -0.2) is 23.5 Å². The molecule has 0 spiro atoms. The number of amides is 1. The number of carbonyl (C=O) groups is 1. The largest absolute Gasteiger partial charge is 0.355 e. The Bertz CT molecular complexity index is 376. The molecule has 0 aliphatic carbocycles. The van der Waals surface area contributed by atoms with Crippen molar-refractivity contribution in [3.63, 3.8) is 0 Å². The first-order valence-corrected chi connectivity index (χ1v) is 6.80. The Morgan fingerprint density at radius 1 is 1.47 bits per heavy atom. The Morgan fingerprint density at radius 2 is 2.18 bits per heavy atom. The van der Waals surface area contributed by atoms with E-state index in [-0.39, 0.29) is 11.9 Å². The van der Waals surface area contributed by atoms with Crippen molar-refractivity contribution in [1.29, 1.82) is 0 Å². The number of hydrogen-bond donors (Lipinski definition) is 2. The molecule has 1 rings (SSSR count). The summed E-state index contributed by atoms with van der Waals surface area (Å²) in [5.41, 5.74) is 1.06. The third kappa shape index (κ3) is 4.44. The summed E-state index contributed by atoms with van der Waals surface area (Å²) in [4.78, 5) is 17.2. The minimum Gasteiger partial charge on any atom is -0.355 e. The van der Waals surface area contributed by atoms with Crippen molar-refractivity contribution in [2.45, 2.75) is 46.7 Å². The first kappa shape index (κ1) is 14.1. The second-order valence-corrected chi connectivity index (χ2v) is 5.42. The predicted molar refractivity (Wildman–Crippen MR) is 71.2 cm³/mol. The lowest BCUT2D eigenvalue weighted by Crippen LogP contribution is -2.42. The summed E-state index contributed by atoms with van der Waals surface area (Å²) in [6.07, 6.45) is 0.964.